The van der Waals surface area contributed by atoms with Crippen molar-refractivity contribution in [3.8, 4) is 0 Å². The first-order valence-electron chi connectivity index (χ1n) is 9.95. The molecule has 0 aromatic carbocycles. The second-order valence-electron chi connectivity index (χ2n) is 6.91. The highest BCUT2D eigenvalue weighted by molar-refractivity contribution is 7.98. The molecule has 0 bridgehead atoms. The van der Waals surface area contributed by atoms with E-state index in [1.54, 1.807) is 0 Å². The summed E-state index contributed by atoms with van der Waals surface area (Å²) in [5.74, 6) is -3.28. The Morgan fingerprint density at radius 2 is 1.55 bits per heavy atom. The van der Waals surface area contributed by atoms with Crippen LogP contribution in [0.15, 0.2) is 0 Å². The van der Waals surface area contributed by atoms with Crippen LogP contribution < -0.4 is 33.2 Å². The summed E-state index contributed by atoms with van der Waals surface area (Å²) in [5, 5.41) is 16.0. The minimum absolute atomic E-state index is 0.0750. The van der Waals surface area contributed by atoms with E-state index in [1.165, 1.54) is 11.8 Å². The SMILES string of the molecule is CSCCC(NC(=O)C(CCC(N)=O)NC(=O)C(N)CCCCN)C(=O)NCC(=O)O. The van der Waals surface area contributed by atoms with E-state index in [4.69, 9.17) is 22.3 Å². The molecular formula is C18H34N6O6S. The van der Waals surface area contributed by atoms with Gasteiger partial charge in [0.2, 0.25) is 23.6 Å². The van der Waals surface area contributed by atoms with Crippen LogP contribution in [-0.2, 0) is 24.0 Å². The van der Waals surface area contributed by atoms with Gasteiger partial charge in [0.1, 0.15) is 18.6 Å². The van der Waals surface area contributed by atoms with E-state index in [9.17, 15) is 24.0 Å². The molecule has 178 valence electrons. The van der Waals surface area contributed by atoms with Crippen molar-refractivity contribution in [3.05, 3.63) is 0 Å². The number of amides is 4. The van der Waals surface area contributed by atoms with Crippen LogP contribution in [0.5, 0.6) is 0 Å². The summed E-state index contributed by atoms with van der Waals surface area (Å²) in [6.45, 7) is -0.122. The maximum atomic E-state index is 12.8. The largest absolute Gasteiger partial charge is 0.480 e. The van der Waals surface area contributed by atoms with Gasteiger partial charge >= 0.3 is 5.97 Å². The van der Waals surface area contributed by atoms with E-state index < -0.39 is 54.3 Å². The first-order valence-corrected chi connectivity index (χ1v) is 11.3. The van der Waals surface area contributed by atoms with Crippen molar-refractivity contribution in [2.45, 2.75) is 56.7 Å². The number of thioether (sulfide) groups is 1. The van der Waals surface area contributed by atoms with Crippen molar-refractivity contribution in [2.24, 2.45) is 17.2 Å². The molecular weight excluding hydrogens is 428 g/mol. The first-order chi connectivity index (χ1) is 14.6. The maximum absolute atomic E-state index is 12.8. The topological polar surface area (TPSA) is 220 Å². The van der Waals surface area contributed by atoms with Gasteiger partial charge in [0.15, 0.2) is 0 Å². The molecule has 0 aromatic heterocycles. The number of rotatable bonds is 17. The zero-order valence-corrected chi connectivity index (χ0v) is 18.5. The average molecular weight is 463 g/mol. The van der Waals surface area contributed by atoms with Gasteiger partial charge in [0.05, 0.1) is 6.04 Å². The van der Waals surface area contributed by atoms with Crippen LogP contribution >= 0.6 is 11.8 Å². The van der Waals surface area contributed by atoms with Gasteiger partial charge in [-0.3, -0.25) is 24.0 Å². The van der Waals surface area contributed by atoms with Crippen molar-refractivity contribution in [1.82, 2.24) is 16.0 Å². The second kappa shape index (κ2) is 16.3. The molecule has 31 heavy (non-hydrogen) atoms. The zero-order chi connectivity index (χ0) is 23.8. The summed E-state index contributed by atoms with van der Waals surface area (Å²) in [6, 6.07) is -3.00. The summed E-state index contributed by atoms with van der Waals surface area (Å²) in [6.07, 6.45) is 3.54. The number of nitrogens with two attached hydrogens (primary N) is 3. The Morgan fingerprint density at radius 3 is 2.10 bits per heavy atom. The van der Waals surface area contributed by atoms with Crippen LogP contribution in [0, 0.1) is 0 Å². The van der Waals surface area contributed by atoms with Crippen LogP contribution in [0.4, 0.5) is 0 Å². The van der Waals surface area contributed by atoms with Crippen molar-refractivity contribution in [2.75, 3.05) is 25.1 Å². The fourth-order valence-electron chi connectivity index (χ4n) is 2.54. The third kappa shape index (κ3) is 13.5. The lowest BCUT2D eigenvalue weighted by Crippen LogP contribution is -2.56. The highest BCUT2D eigenvalue weighted by Crippen LogP contribution is 2.05. The molecule has 4 amide bonds. The predicted octanol–water partition coefficient (Wildman–Crippen LogP) is -2.37. The van der Waals surface area contributed by atoms with Crippen LogP contribution in [0.3, 0.4) is 0 Å². The van der Waals surface area contributed by atoms with E-state index >= 15 is 0 Å². The van der Waals surface area contributed by atoms with E-state index in [2.05, 4.69) is 16.0 Å². The predicted molar refractivity (Wildman–Crippen MR) is 117 cm³/mol. The molecule has 0 aliphatic carbocycles. The number of hydrogen-bond acceptors (Lipinski definition) is 8. The summed E-state index contributed by atoms with van der Waals surface area (Å²) in [7, 11) is 0. The van der Waals surface area contributed by atoms with Gasteiger partial charge in [0.25, 0.3) is 0 Å². The van der Waals surface area contributed by atoms with Crippen LogP contribution in [0.25, 0.3) is 0 Å². The molecule has 0 aliphatic heterocycles. The molecule has 0 saturated heterocycles. The van der Waals surface area contributed by atoms with E-state index in [0.29, 0.717) is 31.6 Å². The molecule has 0 fully saturated rings. The number of carbonyl (C=O) groups is 5. The molecule has 0 heterocycles. The van der Waals surface area contributed by atoms with Gasteiger partial charge < -0.3 is 38.3 Å². The smallest absolute Gasteiger partial charge is 0.322 e. The maximum Gasteiger partial charge on any atom is 0.322 e. The molecule has 0 rings (SSSR count). The number of hydrogen-bond donors (Lipinski definition) is 7. The summed E-state index contributed by atoms with van der Waals surface area (Å²) in [5.41, 5.74) is 16.4. The first kappa shape index (κ1) is 28.6. The Balaban J connectivity index is 5.18. The van der Waals surface area contributed by atoms with Crippen molar-refractivity contribution < 1.29 is 29.1 Å². The molecule has 0 saturated carbocycles. The van der Waals surface area contributed by atoms with Gasteiger partial charge in [-0.25, -0.2) is 0 Å². The summed E-state index contributed by atoms with van der Waals surface area (Å²) < 4.78 is 0. The summed E-state index contributed by atoms with van der Waals surface area (Å²) in [4.78, 5) is 59.2. The van der Waals surface area contributed by atoms with Crippen molar-refractivity contribution in [3.63, 3.8) is 0 Å². The Kier molecular flexibility index (Phi) is 15.1. The molecule has 3 atom stereocenters. The molecule has 0 spiro atoms. The number of aliphatic carboxylic acids is 1. The fraction of sp³-hybridized carbons (Fsp3) is 0.722. The highest BCUT2D eigenvalue weighted by Gasteiger charge is 2.28. The second-order valence-corrected chi connectivity index (χ2v) is 7.90. The Hall–Kier alpha value is -2.38. The zero-order valence-electron chi connectivity index (χ0n) is 17.7. The van der Waals surface area contributed by atoms with E-state index in [1.807, 2.05) is 6.26 Å². The lowest BCUT2D eigenvalue weighted by molar-refractivity contribution is -0.138. The lowest BCUT2D eigenvalue weighted by Gasteiger charge is -2.24. The van der Waals surface area contributed by atoms with E-state index in [-0.39, 0.29) is 19.3 Å². The minimum Gasteiger partial charge on any atom is -0.480 e. The van der Waals surface area contributed by atoms with Gasteiger partial charge in [0, 0.05) is 6.42 Å². The molecule has 0 radical (unpaired) electrons. The lowest BCUT2D eigenvalue weighted by atomic mass is 10.1. The highest BCUT2D eigenvalue weighted by atomic mass is 32.2. The molecule has 10 N–H and O–H groups in total. The number of primary amides is 1. The molecule has 13 heteroatoms. The van der Waals surface area contributed by atoms with Gasteiger partial charge in [-0.15, -0.1) is 0 Å². The molecule has 3 unspecified atom stereocenters. The Morgan fingerprint density at radius 1 is 0.935 bits per heavy atom. The number of unbranched alkanes of at least 4 members (excludes halogenated alkanes) is 1. The molecule has 12 nitrogen and oxygen atoms in total. The quantitative estimate of drug-likeness (QED) is 0.115. The molecule has 0 aromatic rings. The van der Waals surface area contributed by atoms with Crippen molar-refractivity contribution >= 4 is 41.4 Å². The normalized spacial score (nSPS) is 13.5. The van der Waals surface area contributed by atoms with E-state index in [0.717, 1.165) is 0 Å². The monoisotopic (exact) mass is 462 g/mol. The van der Waals surface area contributed by atoms with Crippen molar-refractivity contribution in [1.29, 1.82) is 0 Å². The van der Waals surface area contributed by atoms with Crippen LogP contribution in [0.1, 0.15) is 38.5 Å². The van der Waals surface area contributed by atoms with Crippen LogP contribution in [-0.4, -0.2) is 77.9 Å². The average Bonchev–Trinajstić information content (AvgIpc) is 2.71. The minimum atomic E-state index is -1.22. The third-order valence-corrected chi connectivity index (χ3v) is 4.92. The standard InChI is InChI=1S/C18H34N6O6S/c1-31-9-7-13(17(29)22-10-15(26)27)24-18(30)12(5-6-14(21)25)23-16(28)11(20)4-2-3-8-19/h11-13H,2-10,19-20H2,1H3,(H2,21,25)(H,22,29)(H,23,28)(H,24,30)(H,26,27). The Bertz CT molecular complexity index is 620. The van der Waals surface area contributed by atoms with Gasteiger partial charge in [-0.1, -0.05) is 6.42 Å². The number of carboxylic acid groups (broad SMARTS) is 1. The number of carbonyl (C=O) groups excluding carboxylic acids is 4. The fourth-order valence-corrected chi connectivity index (χ4v) is 3.01. The number of nitrogens with one attached hydrogen (secondary N) is 3. The van der Waals surface area contributed by atoms with Gasteiger partial charge in [-0.2, -0.15) is 11.8 Å². The number of carboxylic acids is 1. The van der Waals surface area contributed by atoms with Crippen LogP contribution in [0.2, 0.25) is 0 Å². The molecule has 0 aliphatic rings. The van der Waals surface area contributed by atoms with Gasteiger partial charge in [-0.05, 0) is 44.2 Å². The summed E-state index contributed by atoms with van der Waals surface area (Å²) >= 11 is 1.44. The Labute approximate surface area is 185 Å². The third-order valence-electron chi connectivity index (χ3n) is 4.28.